The molecule has 0 unspecified atom stereocenters. The van der Waals surface area contributed by atoms with Gasteiger partial charge in [0.25, 0.3) is 0 Å². The predicted octanol–water partition coefficient (Wildman–Crippen LogP) is 0.760. The van der Waals surface area contributed by atoms with Crippen molar-refractivity contribution in [2.45, 2.75) is 0 Å². The van der Waals surface area contributed by atoms with Crippen LogP contribution in [0.1, 0.15) is 1.43 Å². The fourth-order valence-electron chi connectivity index (χ4n) is 0.392. The van der Waals surface area contributed by atoms with E-state index in [1.54, 1.807) is 0 Å². The van der Waals surface area contributed by atoms with Crippen molar-refractivity contribution < 1.29 is 5.82 Å². The van der Waals surface area contributed by atoms with Gasteiger partial charge in [0.2, 0.25) is 5.56 Å². The standard InChI is InChI=1S/C5H4FNO.H2/c6-4-1-2-5(8)7-3-4;/h1-3H,(H,7,8);1H. The molecule has 1 heterocycles. The molecule has 0 saturated carbocycles. The first-order chi connectivity index (χ1) is 3.79. The second-order valence-corrected chi connectivity index (χ2v) is 1.37. The third kappa shape index (κ3) is 0.932. The Kier molecular flexibility index (Phi) is 1.12. The highest BCUT2D eigenvalue weighted by Crippen LogP contribution is 1.84. The summed E-state index contributed by atoms with van der Waals surface area (Å²) in [4.78, 5) is 12.4. The molecule has 3 heteroatoms. The molecule has 0 atom stereocenters. The lowest BCUT2D eigenvalue weighted by Gasteiger charge is -1.80. The van der Waals surface area contributed by atoms with Gasteiger partial charge in [-0.2, -0.15) is 0 Å². The maximum absolute atomic E-state index is 11.9. The maximum atomic E-state index is 11.9. The Hall–Kier alpha value is -1.12. The van der Waals surface area contributed by atoms with E-state index in [-0.39, 0.29) is 6.99 Å². The molecule has 2 nitrogen and oxygen atoms in total. The molecule has 8 heavy (non-hydrogen) atoms. The summed E-state index contributed by atoms with van der Waals surface area (Å²) in [5.41, 5.74) is -0.286. The van der Waals surface area contributed by atoms with Crippen molar-refractivity contribution in [1.82, 2.24) is 4.98 Å². The van der Waals surface area contributed by atoms with Crippen LogP contribution in [0.15, 0.2) is 23.1 Å². The molecular formula is C5H6FNO. The van der Waals surface area contributed by atoms with Gasteiger partial charge in [0.05, 0.1) is 0 Å². The second-order valence-electron chi connectivity index (χ2n) is 1.37. The number of hydrogen-bond acceptors (Lipinski definition) is 1. The number of aromatic amines is 1. The highest BCUT2D eigenvalue weighted by Gasteiger charge is 1.83. The molecule has 1 rings (SSSR count). The average Bonchev–Trinajstić information content (AvgIpc) is 1.77. The van der Waals surface area contributed by atoms with E-state index in [0.29, 0.717) is 0 Å². The predicted molar refractivity (Wildman–Crippen MR) is 29.1 cm³/mol. The molecule has 0 aliphatic heterocycles. The molecule has 0 amide bonds. The number of halogens is 1. The van der Waals surface area contributed by atoms with E-state index in [9.17, 15) is 9.18 Å². The van der Waals surface area contributed by atoms with Gasteiger partial charge in [-0.25, -0.2) is 4.39 Å². The van der Waals surface area contributed by atoms with Crippen LogP contribution in [0.5, 0.6) is 0 Å². The molecule has 1 aromatic heterocycles. The zero-order valence-electron chi connectivity index (χ0n) is 4.02. The molecule has 1 N–H and O–H groups in total. The Bertz CT molecular complexity index is 214. The number of hydrogen-bond donors (Lipinski definition) is 1. The minimum atomic E-state index is -0.426. The third-order valence-corrected chi connectivity index (χ3v) is 0.746. The largest absolute Gasteiger partial charge is 0.326 e. The molecule has 0 spiro atoms. The first-order valence-corrected chi connectivity index (χ1v) is 2.13. The summed E-state index contributed by atoms with van der Waals surface area (Å²) in [6, 6.07) is 2.24. The van der Waals surface area contributed by atoms with Gasteiger partial charge in [-0.05, 0) is 6.07 Å². The summed E-state index contributed by atoms with van der Waals surface area (Å²) in [6.07, 6.45) is 1.02. The van der Waals surface area contributed by atoms with E-state index in [1.807, 2.05) is 0 Å². The molecule has 1 aromatic rings. The average molecular weight is 115 g/mol. The van der Waals surface area contributed by atoms with Crippen molar-refractivity contribution in [2.75, 3.05) is 0 Å². The van der Waals surface area contributed by atoms with Crippen LogP contribution in [-0.4, -0.2) is 4.98 Å². The number of aromatic nitrogens is 1. The fraction of sp³-hybridized carbons (Fsp3) is 0. The van der Waals surface area contributed by atoms with Crippen LogP contribution in [0.25, 0.3) is 0 Å². The summed E-state index contributed by atoms with van der Waals surface area (Å²) in [6.45, 7) is 0. The molecule has 0 aliphatic carbocycles. The van der Waals surface area contributed by atoms with Crippen LogP contribution in [0.3, 0.4) is 0 Å². The van der Waals surface area contributed by atoms with Crippen LogP contribution in [0, 0.1) is 5.82 Å². The molecule has 0 aromatic carbocycles. The molecule has 44 valence electrons. The Morgan fingerprint density at radius 1 is 1.62 bits per heavy atom. The van der Waals surface area contributed by atoms with E-state index in [1.165, 1.54) is 0 Å². The zero-order valence-corrected chi connectivity index (χ0v) is 4.02. The van der Waals surface area contributed by atoms with E-state index >= 15 is 0 Å². The third-order valence-electron chi connectivity index (χ3n) is 0.746. The second kappa shape index (κ2) is 1.78. The molecular weight excluding hydrogens is 109 g/mol. The Labute approximate surface area is 46.5 Å². The van der Waals surface area contributed by atoms with Gasteiger partial charge in [-0.1, -0.05) is 0 Å². The van der Waals surface area contributed by atoms with Gasteiger partial charge in [0.1, 0.15) is 5.82 Å². The van der Waals surface area contributed by atoms with Crippen LogP contribution >= 0.6 is 0 Å². The first kappa shape index (κ1) is 5.03. The lowest BCUT2D eigenvalue weighted by atomic mass is 10.5. The maximum Gasteiger partial charge on any atom is 0.248 e. The molecule has 0 saturated heterocycles. The lowest BCUT2D eigenvalue weighted by Crippen LogP contribution is -2.01. The first-order valence-electron chi connectivity index (χ1n) is 2.13. The SMILES string of the molecule is O=c1ccc(F)c[nH]1.[HH]. The van der Waals surface area contributed by atoms with Crippen molar-refractivity contribution in [2.24, 2.45) is 0 Å². The minimum absolute atomic E-state index is 0. The smallest absolute Gasteiger partial charge is 0.248 e. The highest BCUT2D eigenvalue weighted by molar-refractivity contribution is 4.93. The van der Waals surface area contributed by atoms with Crippen molar-refractivity contribution in [3.8, 4) is 0 Å². The quantitative estimate of drug-likeness (QED) is 0.532. The lowest BCUT2D eigenvalue weighted by molar-refractivity contribution is 0.620. The Balaban J connectivity index is 0.000000640. The summed E-state index contributed by atoms with van der Waals surface area (Å²) in [5, 5.41) is 0. The van der Waals surface area contributed by atoms with Gasteiger partial charge in [0.15, 0.2) is 0 Å². The van der Waals surface area contributed by atoms with Crippen molar-refractivity contribution in [3.05, 3.63) is 34.5 Å². The fourth-order valence-corrected chi connectivity index (χ4v) is 0.392. The van der Waals surface area contributed by atoms with Gasteiger partial charge in [0, 0.05) is 13.7 Å². The number of nitrogens with one attached hydrogen (secondary N) is 1. The van der Waals surface area contributed by atoms with Crippen LogP contribution < -0.4 is 5.56 Å². The highest BCUT2D eigenvalue weighted by atomic mass is 19.1. The van der Waals surface area contributed by atoms with Crippen LogP contribution in [-0.2, 0) is 0 Å². The van der Waals surface area contributed by atoms with Crippen LogP contribution in [0.2, 0.25) is 0 Å². The molecule has 0 fully saturated rings. The molecule has 0 radical (unpaired) electrons. The van der Waals surface area contributed by atoms with Crippen molar-refractivity contribution in [3.63, 3.8) is 0 Å². The number of rotatable bonds is 0. The summed E-state index contributed by atoms with van der Waals surface area (Å²) in [5.74, 6) is -0.426. The van der Waals surface area contributed by atoms with Crippen molar-refractivity contribution >= 4 is 0 Å². The zero-order chi connectivity index (χ0) is 5.98. The van der Waals surface area contributed by atoms with Gasteiger partial charge >= 0.3 is 0 Å². The van der Waals surface area contributed by atoms with E-state index in [0.717, 1.165) is 18.3 Å². The summed E-state index contributed by atoms with van der Waals surface area (Å²) >= 11 is 0. The summed E-state index contributed by atoms with van der Waals surface area (Å²) in [7, 11) is 0. The monoisotopic (exact) mass is 115 g/mol. The summed E-state index contributed by atoms with van der Waals surface area (Å²) < 4.78 is 11.9. The van der Waals surface area contributed by atoms with E-state index in [2.05, 4.69) is 4.98 Å². The Morgan fingerprint density at radius 3 is 2.75 bits per heavy atom. The van der Waals surface area contributed by atoms with Gasteiger partial charge in [-0.3, -0.25) is 4.79 Å². The molecule has 0 aliphatic rings. The van der Waals surface area contributed by atoms with Crippen LogP contribution in [0.4, 0.5) is 4.39 Å². The van der Waals surface area contributed by atoms with Crippen molar-refractivity contribution in [1.29, 1.82) is 0 Å². The molecule has 0 bridgehead atoms. The Morgan fingerprint density at radius 2 is 2.38 bits per heavy atom. The number of H-pyrrole nitrogens is 1. The minimum Gasteiger partial charge on any atom is -0.326 e. The van der Waals surface area contributed by atoms with Gasteiger partial charge in [-0.15, -0.1) is 0 Å². The normalized spacial score (nSPS) is 9.12. The van der Waals surface area contributed by atoms with E-state index < -0.39 is 5.82 Å². The van der Waals surface area contributed by atoms with Gasteiger partial charge < -0.3 is 4.98 Å². The topological polar surface area (TPSA) is 32.9 Å². The van der Waals surface area contributed by atoms with E-state index in [4.69, 9.17) is 0 Å². The number of pyridine rings is 1.